The van der Waals surface area contributed by atoms with Crippen LogP contribution in [0.5, 0.6) is 0 Å². The molecule has 3 rings (SSSR count). The topological polar surface area (TPSA) is 83.7 Å². The van der Waals surface area contributed by atoms with Gasteiger partial charge in [-0.3, -0.25) is 9.59 Å². The Hall–Kier alpha value is -2.37. The third kappa shape index (κ3) is 2.68. The average Bonchev–Trinajstić information content (AvgIpc) is 3.01. The number of hydrogen-bond acceptors (Lipinski definition) is 3. The monoisotopic (exact) mass is 301 g/mol. The molecule has 1 fully saturated rings. The van der Waals surface area contributed by atoms with Crippen molar-refractivity contribution in [2.24, 2.45) is 5.41 Å². The van der Waals surface area contributed by atoms with Crippen molar-refractivity contribution in [1.82, 2.24) is 14.7 Å². The molecule has 2 aromatic heterocycles. The lowest BCUT2D eigenvalue weighted by Crippen LogP contribution is -2.44. The summed E-state index contributed by atoms with van der Waals surface area (Å²) in [6.07, 6.45) is 9.27. The number of aliphatic carboxylic acids is 1. The van der Waals surface area contributed by atoms with Gasteiger partial charge in [-0.25, -0.2) is 4.98 Å². The van der Waals surface area contributed by atoms with Crippen LogP contribution in [0.2, 0.25) is 0 Å². The maximum atomic E-state index is 12.3. The lowest BCUT2D eigenvalue weighted by Gasteiger charge is -2.33. The fraction of sp³-hybridized carbons (Fsp3) is 0.438. The van der Waals surface area contributed by atoms with Gasteiger partial charge in [0.1, 0.15) is 5.65 Å². The Morgan fingerprint density at radius 2 is 2.05 bits per heavy atom. The summed E-state index contributed by atoms with van der Waals surface area (Å²) in [5.41, 5.74) is 0.459. The average molecular weight is 301 g/mol. The Kier molecular flexibility index (Phi) is 3.83. The van der Waals surface area contributed by atoms with Crippen LogP contribution in [0.4, 0.5) is 0 Å². The van der Waals surface area contributed by atoms with Crippen molar-refractivity contribution in [3.63, 3.8) is 0 Å². The highest BCUT2D eigenvalue weighted by molar-refractivity contribution is 5.94. The molecule has 1 aliphatic carbocycles. The predicted molar refractivity (Wildman–Crippen MR) is 80.7 cm³/mol. The molecular weight excluding hydrogens is 282 g/mol. The highest BCUT2D eigenvalue weighted by atomic mass is 16.4. The molecule has 6 heteroatoms. The molecule has 0 spiro atoms. The Morgan fingerprint density at radius 1 is 1.27 bits per heavy atom. The Morgan fingerprint density at radius 3 is 2.77 bits per heavy atom. The molecule has 2 aromatic rings. The minimum atomic E-state index is -0.812. The van der Waals surface area contributed by atoms with E-state index in [9.17, 15) is 14.7 Å². The number of imidazole rings is 1. The zero-order valence-corrected chi connectivity index (χ0v) is 12.3. The lowest BCUT2D eigenvalue weighted by molar-refractivity contribution is -0.150. The highest BCUT2D eigenvalue weighted by Crippen LogP contribution is 2.36. The molecule has 0 atom stereocenters. The van der Waals surface area contributed by atoms with Crippen molar-refractivity contribution >= 4 is 17.5 Å². The molecule has 1 saturated carbocycles. The Balaban J connectivity index is 1.71. The fourth-order valence-electron chi connectivity index (χ4n) is 3.10. The molecule has 22 heavy (non-hydrogen) atoms. The Labute approximate surface area is 128 Å². The van der Waals surface area contributed by atoms with E-state index in [2.05, 4.69) is 10.3 Å². The molecular formula is C16H19N3O3. The van der Waals surface area contributed by atoms with E-state index in [0.717, 1.165) is 24.9 Å². The molecule has 0 unspecified atom stereocenters. The van der Waals surface area contributed by atoms with Crippen molar-refractivity contribution in [1.29, 1.82) is 0 Å². The number of aromatic nitrogens is 2. The van der Waals surface area contributed by atoms with Gasteiger partial charge in [0, 0.05) is 25.1 Å². The van der Waals surface area contributed by atoms with Crippen molar-refractivity contribution < 1.29 is 14.7 Å². The second kappa shape index (κ2) is 5.79. The third-order valence-corrected chi connectivity index (χ3v) is 4.50. The van der Waals surface area contributed by atoms with Gasteiger partial charge in [-0.05, 0) is 25.0 Å². The minimum absolute atomic E-state index is 0.184. The standard InChI is InChI=1S/C16H19N3O3/c20-14(12-4-5-13-17-8-9-19(13)10-12)18-11-16(15(21)22)6-2-1-3-7-16/h4-5,8-10H,1-3,6-7,11H2,(H,18,20)(H,21,22). The molecule has 0 bridgehead atoms. The summed E-state index contributed by atoms with van der Waals surface area (Å²) in [7, 11) is 0. The number of nitrogens with zero attached hydrogens (tertiary/aromatic N) is 2. The molecule has 116 valence electrons. The maximum absolute atomic E-state index is 12.3. The van der Waals surface area contributed by atoms with Crippen molar-refractivity contribution in [3.05, 3.63) is 36.3 Å². The van der Waals surface area contributed by atoms with Crippen LogP contribution >= 0.6 is 0 Å². The number of carbonyl (C=O) groups is 2. The second-order valence-corrected chi connectivity index (χ2v) is 5.94. The molecule has 6 nitrogen and oxygen atoms in total. The zero-order valence-electron chi connectivity index (χ0n) is 12.3. The van der Waals surface area contributed by atoms with E-state index >= 15 is 0 Å². The molecule has 0 saturated heterocycles. The largest absolute Gasteiger partial charge is 0.481 e. The van der Waals surface area contributed by atoms with Crippen LogP contribution in [-0.2, 0) is 4.79 Å². The normalized spacial score (nSPS) is 17.3. The van der Waals surface area contributed by atoms with E-state index < -0.39 is 11.4 Å². The predicted octanol–water partition coefficient (Wildman–Crippen LogP) is 2.10. The van der Waals surface area contributed by atoms with Crippen LogP contribution in [0.3, 0.4) is 0 Å². The van der Waals surface area contributed by atoms with E-state index in [1.165, 1.54) is 0 Å². The fourth-order valence-corrected chi connectivity index (χ4v) is 3.10. The van der Waals surface area contributed by atoms with E-state index in [-0.39, 0.29) is 12.5 Å². The zero-order chi connectivity index (χ0) is 15.6. The van der Waals surface area contributed by atoms with Gasteiger partial charge in [-0.15, -0.1) is 0 Å². The SMILES string of the molecule is O=C(NCC1(C(=O)O)CCCCC1)c1ccc2nccn2c1. The van der Waals surface area contributed by atoms with Gasteiger partial charge in [0.15, 0.2) is 0 Å². The number of carboxylic acid groups (broad SMARTS) is 1. The quantitative estimate of drug-likeness (QED) is 0.906. The van der Waals surface area contributed by atoms with Crippen LogP contribution in [0.1, 0.15) is 42.5 Å². The lowest BCUT2D eigenvalue weighted by atomic mass is 9.74. The van der Waals surface area contributed by atoms with Crippen LogP contribution in [-0.4, -0.2) is 32.9 Å². The van der Waals surface area contributed by atoms with Gasteiger partial charge < -0.3 is 14.8 Å². The number of pyridine rings is 1. The number of nitrogens with one attached hydrogen (secondary N) is 1. The number of amides is 1. The number of carboxylic acids is 1. The van der Waals surface area contributed by atoms with E-state index in [0.29, 0.717) is 18.4 Å². The van der Waals surface area contributed by atoms with E-state index in [4.69, 9.17) is 0 Å². The summed E-state index contributed by atoms with van der Waals surface area (Å²) in [4.78, 5) is 28.0. The van der Waals surface area contributed by atoms with Gasteiger partial charge in [-0.2, -0.15) is 0 Å². The smallest absolute Gasteiger partial charge is 0.311 e. The Bertz CT molecular complexity index is 701. The molecule has 0 aromatic carbocycles. The summed E-state index contributed by atoms with van der Waals surface area (Å²) in [6.45, 7) is 0.184. The van der Waals surface area contributed by atoms with Crippen molar-refractivity contribution in [2.45, 2.75) is 32.1 Å². The molecule has 1 amide bonds. The number of carbonyl (C=O) groups excluding carboxylic acids is 1. The second-order valence-electron chi connectivity index (χ2n) is 5.94. The van der Waals surface area contributed by atoms with Gasteiger partial charge in [0.05, 0.1) is 11.0 Å². The van der Waals surface area contributed by atoms with Crippen LogP contribution < -0.4 is 5.32 Å². The number of rotatable bonds is 4. The highest BCUT2D eigenvalue weighted by Gasteiger charge is 2.39. The minimum Gasteiger partial charge on any atom is -0.481 e. The first-order chi connectivity index (χ1) is 10.6. The van der Waals surface area contributed by atoms with Crippen LogP contribution in [0.15, 0.2) is 30.7 Å². The summed E-state index contributed by atoms with van der Waals surface area (Å²) >= 11 is 0. The van der Waals surface area contributed by atoms with Crippen LogP contribution in [0.25, 0.3) is 5.65 Å². The molecule has 0 radical (unpaired) electrons. The summed E-state index contributed by atoms with van der Waals surface area (Å²) in [5.74, 6) is -1.06. The summed E-state index contributed by atoms with van der Waals surface area (Å²) in [5, 5.41) is 12.3. The van der Waals surface area contributed by atoms with Gasteiger partial charge in [-0.1, -0.05) is 19.3 Å². The van der Waals surface area contributed by atoms with Gasteiger partial charge in [0.25, 0.3) is 5.91 Å². The van der Waals surface area contributed by atoms with E-state index in [1.807, 2.05) is 0 Å². The number of fused-ring (bicyclic) bond motifs is 1. The van der Waals surface area contributed by atoms with Crippen molar-refractivity contribution in [2.75, 3.05) is 6.54 Å². The third-order valence-electron chi connectivity index (χ3n) is 4.50. The van der Waals surface area contributed by atoms with Crippen molar-refractivity contribution in [3.8, 4) is 0 Å². The summed E-state index contributed by atoms with van der Waals surface area (Å²) in [6, 6.07) is 3.47. The molecule has 2 N–H and O–H groups in total. The van der Waals surface area contributed by atoms with Gasteiger partial charge in [0.2, 0.25) is 0 Å². The maximum Gasteiger partial charge on any atom is 0.311 e. The van der Waals surface area contributed by atoms with Gasteiger partial charge >= 0.3 is 5.97 Å². The molecule has 0 aliphatic heterocycles. The first-order valence-corrected chi connectivity index (χ1v) is 7.55. The summed E-state index contributed by atoms with van der Waals surface area (Å²) < 4.78 is 1.77. The molecule has 1 aliphatic rings. The first-order valence-electron chi connectivity index (χ1n) is 7.55. The molecule has 2 heterocycles. The first kappa shape index (κ1) is 14.6. The van der Waals surface area contributed by atoms with E-state index in [1.54, 1.807) is 35.1 Å². The van der Waals surface area contributed by atoms with Crippen LogP contribution in [0, 0.1) is 5.41 Å². The number of hydrogen-bond donors (Lipinski definition) is 2.